The van der Waals surface area contributed by atoms with E-state index in [-0.39, 0.29) is 5.57 Å². The van der Waals surface area contributed by atoms with Crippen LogP contribution in [0.1, 0.15) is 5.56 Å². The normalized spacial score (nSPS) is 10.9. The number of nitriles is 1. The zero-order valence-electron chi connectivity index (χ0n) is 11.1. The molecule has 0 unspecified atom stereocenters. The van der Waals surface area contributed by atoms with Crippen LogP contribution >= 0.6 is 34.8 Å². The molecule has 0 radical (unpaired) electrons. The average molecular weight is 352 g/mol. The number of amides is 1. The van der Waals surface area contributed by atoms with Crippen molar-refractivity contribution in [1.29, 1.82) is 5.26 Å². The number of halogens is 3. The highest BCUT2D eigenvalue weighted by atomic mass is 35.5. The number of nitrogens with one attached hydrogen (secondary N) is 1. The van der Waals surface area contributed by atoms with Gasteiger partial charge in [-0.2, -0.15) is 5.26 Å². The monoisotopic (exact) mass is 350 g/mol. The van der Waals surface area contributed by atoms with Crippen molar-refractivity contribution < 1.29 is 4.79 Å². The van der Waals surface area contributed by atoms with Gasteiger partial charge in [0.25, 0.3) is 5.91 Å². The van der Waals surface area contributed by atoms with E-state index >= 15 is 0 Å². The molecule has 0 saturated carbocycles. The van der Waals surface area contributed by atoms with Crippen LogP contribution in [0, 0.1) is 11.3 Å². The molecule has 0 aromatic heterocycles. The van der Waals surface area contributed by atoms with Crippen molar-refractivity contribution in [2.24, 2.45) is 0 Å². The summed E-state index contributed by atoms with van der Waals surface area (Å²) in [5.74, 6) is -0.569. The summed E-state index contributed by atoms with van der Waals surface area (Å²) in [6.45, 7) is 0. The molecule has 0 aliphatic rings. The van der Waals surface area contributed by atoms with Crippen molar-refractivity contribution in [3.8, 4) is 6.07 Å². The fourth-order valence-electron chi connectivity index (χ4n) is 1.71. The van der Waals surface area contributed by atoms with Gasteiger partial charge in [-0.05, 0) is 36.4 Å². The maximum absolute atomic E-state index is 12.2. The lowest BCUT2D eigenvalue weighted by molar-refractivity contribution is -0.112. The molecule has 0 aliphatic heterocycles. The molecule has 1 N–H and O–H groups in total. The van der Waals surface area contributed by atoms with Crippen LogP contribution in [0.25, 0.3) is 6.08 Å². The summed E-state index contributed by atoms with van der Waals surface area (Å²) in [6.07, 6.45) is 1.35. The van der Waals surface area contributed by atoms with E-state index in [0.717, 1.165) is 0 Å². The van der Waals surface area contributed by atoms with Gasteiger partial charge >= 0.3 is 0 Å². The molecule has 0 bridgehead atoms. The molecule has 2 aromatic carbocycles. The Bertz CT molecular complexity index is 774. The first-order valence-corrected chi connectivity index (χ1v) is 7.27. The van der Waals surface area contributed by atoms with E-state index in [9.17, 15) is 10.1 Å². The second-order valence-electron chi connectivity index (χ2n) is 4.27. The Morgan fingerprint density at radius 2 is 1.73 bits per heavy atom. The molecule has 3 nitrogen and oxygen atoms in total. The van der Waals surface area contributed by atoms with E-state index in [1.54, 1.807) is 42.5 Å². The third-order valence-electron chi connectivity index (χ3n) is 2.74. The van der Waals surface area contributed by atoms with Crippen molar-refractivity contribution in [1.82, 2.24) is 0 Å². The molecule has 110 valence electrons. The van der Waals surface area contributed by atoms with Gasteiger partial charge in [0.05, 0.1) is 0 Å². The van der Waals surface area contributed by atoms with Crippen LogP contribution in [-0.2, 0) is 4.79 Å². The molecule has 0 fully saturated rings. The number of hydrogen-bond acceptors (Lipinski definition) is 2. The molecule has 0 saturated heterocycles. The van der Waals surface area contributed by atoms with Crippen LogP contribution < -0.4 is 5.32 Å². The third kappa shape index (κ3) is 4.02. The quantitative estimate of drug-likeness (QED) is 0.611. The predicted octanol–water partition coefficient (Wildman–Crippen LogP) is 5.19. The van der Waals surface area contributed by atoms with E-state index in [2.05, 4.69) is 5.32 Å². The second-order valence-corrected chi connectivity index (χ2v) is 5.52. The molecule has 1 amide bonds. The molecular weight excluding hydrogens is 343 g/mol. The SMILES string of the molecule is N#C/C(=C\c1c(Cl)cccc1Cl)C(=O)Nc1cccc(Cl)c1. The molecule has 6 heteroatoms. The first-order valence-electron chi connectivity index (χ1n) is 6.14. The predicted molar refractivity (Wildman–Crippen MR) is 90.1 cm³/mol. The van der Waals surface area contributed by atoms with Crippen LogP contribution in [-0.4, -0.2) is 5.91 Å². The summed E-state index contributed by atoms with van der Waals surface area (Å²) < 4.78 is 0. The van der Waals surface area contributed by atoms with Gasteiger partial charge in [0, 0.05) is 26.3 Å². The number of benzene rings is 2. The van der Waals surface area contributed by atoms with Crippen LogP contribution in [0.4, 0.5) is 5.69 Å². The average Bonchev–Trinajstić information content (AvgIpc) is 2.47. The highest BCUT2D eigenvalue weighted by molar-refractivity contribution is 6.37. The largest absolute Gasteiger partial charge is 0.321 e. The van der Waals surface area contributed by atoms with E-state index in [1.807, 2.05) is 6.07 Å². The number of carbonyl (C=O) groups excluding carboxylic acids is 1. The van der Waals surface area contributed by atoms with E-state index in [0.29, 0.717) is 26.3 Å². The summed E-state index contributed by atoms with van der Waals surface area (Å²) in [5, 5.41) is 13.0. The number of rotatable bonds is 3. The highest BCUT2D eigenvalue weighted by Crippen LogP contribution is 2.27. The standard InChI is InChI=1S/C16H9Cl3N2O/c17-11-3-1-4-12(8-11)21-16(22)10(9-20)7-13-14(18)5-2-6-15(13)19/h1-8H,(H,21,22)/b10-7+. The minimum absolute atomic E-state index is 0.116. The summed E-state index contributed by atoms with van der Waals surface area (Å²) in [4.78, 5) is 12.2. The second kappa shape index (κ2) is 7.33. The first-order chi connectivity index (χ1) is 10.5. The van der Waals surface area contributed by atoms with Gasteiger partial charge in [-0.25, -0.2) is 0 Å². The van der Waals surface area contributed by atoms with E-state index < -0.39 is 5.91 Å². The molecule has 22 heavy (non-hydrogen) atoms. The summed E-state index contributed by atoms with van der Waals surface area (Å²) in [6, 6.07) is 13.4. The fourth-order valence-corrected chi connectivity index (χ4v) is 2.40. The topological polar surface area (TPSA) is 52.9 Å². The van der Waals surface area contributed by atoms with Crippen molar-refractivity contribution in [2.75, 3.05) is 5.32 Å². The summed E-state index contributed by atoms with van der Waals surface area (Å²) in [5.41, 5.74) is 0.794. The van der Waals surface area contributed by atoms with Gasteiger partial charge in [0.15, 0.2) is 0 Å². The van der Waals surface area contributed by atoms with Gasteiger partial charge in [0.1, 0.15) is 11.6 Å². The van der Waals surface area contributed by atoms with Crippen LogP contribution in [0.3, 0.4) is 0 Å². The third-order valence-corrected chi connectivity index (χ3v) is 3.63. The number of anilines is 1. The van der Waals surface area contributed by atoms with Gasteiger partial charge in [0.2, 0.25) is 0 Å². The zero-order valence-corrected chi connectivity index (χ0v) is 13.4. The van der Waals surface area contributed by atoms with Crippen LogP contribution in [0.15, 0.2) is 48.0 Å². The summed E-state index contributed by atoms with van der Waals surface area (Å²) >= 11 is 17.9. The Labute approximate surface area is 142 Å². The molecule has 0 atom stereocenters. The maximum atomic E-state index is 12.2. The minimum Gasteiger partial charge on any atom is -0.321 e. The molecule has 0 heterocycles. The smallest absolute Gasteiger partial charge is 0.266 e. The lowest BCUT2D eigenvalue weighted by Gasteiger charge is -2.06. The Kier molecular flexibility index (Phi) is 5.46. The fraction of sp³-hybridized carbons (Fsp3) is 0. The zero-order chi connectivity index (χ0) is 16.1. The van der Waals surface area contributed by atoms with E-state index in [4.69, 9.17) is 34.8 Å². The molecule has 0 aliphatic carbocycles. The minimum atomic E-state index is -0.569. The van der Waals surface area contributed by atoms with Crippen molar-refractivity contribution in [3.05, 3.63) is 68.7 Å². The maximum Gasteiger partial charge on any atom is 0.266 e. The highest BCUT2D eigenvalue weighted by Gasteiger charge is 2.12. The lowest BCUT2D eigenvalue weighted by Crippen LogP contribution is -2.13. The van der Waals surface area contributed by atoms with Crippen molar-refractivity contribution in [2.45, 2.75) is 0 Å². The van der Waals surface area contributed by atoms with Gasteiger partial charge in [-0.3, -0.25) is 4.79 Å². The lowest BCUT2D eigenvalue weighted by atomic mass is 10.1. The Hall–Kier alpha value is -1.99. The number of carbonyl (C=O) groups is 1. The van der Waals surface area contributed by atoms with E-state index in [1.165, 1.54) is 6.08 Å². The number of hydrogen-bond donors (Lipinski definition) is 1. The van der Waals surface area contributed by atoms with Crippen LogP contribution in [0.5, 0.6) is 0 Å². The number of nitrogens with zero attached hydrogens (tertiary/aromatic N) is 1. The Morgan fingerprint density at radius 1 is 1.09 bits per heavy atom. The van der Waals surface area contributed by atoms with Gasteiger partial charge in [-0.15, -0.1) is 0 Å². The van der Waals surface area contributed by atoms with Crippen LogP contribution in [0.2, 0.25) is 15.1 Å². The molecule has 2 aromatic rings. The van der Waals surface area contributed by atoms with Crippen molar-refractivity contribution >= 4 is 52.5 Å². The van der Waals surface area contributed by atoms with Gasteiger partial charge in [-0.1, -0.05) is 46.9 Å². The molecular formula is C16H9Cl3N2O. The summed E-state index contributed by atoms with van der Waals surface area (Å²) in [7, 11) is 0. The molecule has 2 rings (SSSR count). The first kappa shape index (κ1) is 16.4. The Morgan fingerprint density at radius 3 is 2.32 bits per heavy atom. The van der Waals surface area contributed by atoms with Crippen molar-refractivity contribution in [3.63, 3.8) is 0 Å². The Balaban J connectivity index is 2.30. The van der Waals surface area contributed by atoms with Gasteiger partial charge < -0.3 is 5.32 Å². The molecule has 0 spiro atoms.